The van der Waals surface area contributed by atoms with E-state index in [2.05, 4.69) is 9.97 Å². The molecule has 5 nitrogen and oxygen atoms in total. The largest absolute Gasteiger partial charge is 0.478 e. The number of carboxylic acids is 1. The highest BCUT2D eigenvalue weighted by Crippen LogP contribution is 2.20. The number of ether oxygens (including phenoxy) is 1. The number of hydrogen-bond acceptors (Lipinski definition) is 4. The van der Waals surface area contributed by atoms with E-state index in [1.807, 2.05) is 32.0 Å². The van der Waals surface area contributed by atoms with Gasteiger partial charge >= 0.3 is 12.0 Å². The molecule has 0 amide bonds. The maximum atomic E-state index is 10.6. The smallest absolute Gasteiger partial charge is 0.338 e. The van der Waals surface area contributed by atoms with Crippen molar-refractivity contribution in [2.24, 2.45) is 0 Å². The molecule has 0 atom stereocenters. The molecule has 0 spiro atoms. The van der Waals surface area contributed by atoms with Crippen LogP contribution in [-0.4, -0.2) is 21.0 Å². The number of carbonyl (C=O) groups is 1. The molecule has 0 saturated heterocycles. The van der Waals surface area contributed by atoms with Crippen LogP contribution in [0.1, 0.15) is 21.5 Å². The van der Waals surface area contributed by atoms with E-state index >= 15 is 0 Å². The third-order valence-electron chi connectivity index (χ3n) is 2.28. The minimum Gasteiger partial charge on any atom is -0.478 e. The summed E-state index contributed by atoms with van der Waals surface area (Å²) in [6.45, 7) is 3.93. The van der Waals surface area contributed by atoms with E-state index in [1.165, 1.54) is 12.4 Å². The third-order valence-corrected chi connectivity index (χ3v) is 2.28. The highest BCUT2D eigenvalue weighted by atomic mass is 16.5. The number of aromatic nitrogens is 2. The topological polar surface area (TPSA) is 72.3 Å². The fourth-order valence-corrected chi connectivity index (χ4v) is 1.58. The molecule has 18 heavy (non-hydrogen) atoms. The van der Waals surface area contributed by atoms with Gasteiger partial charge in [-0.3, -0.25) is 0 Å². The first-order chi connectivity index (χ1) is 8.54. The summed E-state index contributed by atoms with van der Waals surface area (Å²) in [5, 5.41) is 8.72. The van der Waals surface area contributed by atoms with E-state index in [0.29, 0.717) is 5.75 Å². The molecule has 92 valence electrons. The monoisotopic (exact) mass is 244 g/mol. The van der Waals surface area contributed by atoms with Gasteiger partial charge in [0, 0.05) is 12.4 Å². The fraction of sp³-hybridized carbons (Fsp3) is 0.154. The Hall–Kier alpha value is -2.43. The molecular weight excluding hydrogens is 232 g/mol. The van der Waals surface area contributed by atoms with Crippen molar-refractivity contribution < 1.29 is 14.6 Å². The van der Waals surface area contributed by atoms with Gasteiger partial charge in [0.15, 0.2) is 0 Å². The van der Waals surface area contributed by atoms with Crippen LogP contribution in [0.4, 0.5) is 0 Å². The zero-order chi connectivity index (χ0) is 13.1. The molecule has 2 aromatic rings. The van der Waals surface area contributed by atoms with Crippen molar-refractivity contribution in [1.29, 1.82) is 0 Å². The van der Waals surface area contributed by atoms with E-state index in [-0.39, 0.29) is 11.6 Å². The van der Waals surface area contributed by atoms with E-state index in [1.54, 1.807) is 0 Å². The molecule has 1 aromatic carbocycles. The van der Waals surface area contributed by atoms with Crippen LogP contribution in [0.5, 0.6) is 11.8 Å². The second-order valence-corrected chi connectivity index (χ2v) is 3.98. The van der Waals surface area contributed by atoms with Crippen LogP contribution in [-0.2, 0) is 0 Å². The molecule has 0 fully saturated rings. The van der Waals surface area contributed by atoms with Crippen molar-refractivity contribution in [3.63, 3.8) is 0 Å². The first-order valence-corrected chi connectivity index (χ1v) is 5.36. The molecule has 0 aliphatic rings. The van der Waals surface area contributed by atoms with E-state index in [9.17, 15) is 4.79 Å². The number of aromatic carboxylic acids is 1. The zero-order valence-corrected chi connectivity index (χ0v) is 10.0. The molecule has 2 rings (SSSR count). The van der Waals surface area contributed by atoms with Gasteiger partial charge in [0.2, 0.25) is 0 Å². The maximum absolute atomic E-state index is 10.6. The lowest BCUT2D eigenvalue weighted by Gasteiger charge is -2.05. The van der Waals surface area contributed by atoms with Gasteiger partial charge in [-0.2, -0.15) is 0 Å². The molecule has 1 heterocycles. The Balaban J connectivity index is 2.20. The number of benzene rings is 1. The second-order valence-electron chi connectivity index (χ2n) is 3.98. The Morgan fingerprint density at radius 3 is 2.17 bits per heavy atom. The van der Waals surface area contributed by atoms with E-state index in [4.69, 9.17) is 9.84 Å². The number of aryl methyl sites for hydroxylation is 2. The van der Waals surface area contributed by atoms with Crippen molar-refractivity contribution >= 4 is 5.97 Å². The lowest BCUT2D eigenvalue weighted by molar-refractivity contribution is 0.0696. The first kappa shape index (κ1) is 12.0. The molecule has 0 unspecified atom stereocenters. The molecule has 1 aromatic heterocycles. The third kappa shape index (κ3) is 2.82. The summed E-state index contributed by atoms with van der Waals surface area (Å²) >= 11 is 0. The summed E-state index contributed by atoms with van der Waals surface area (Å²) < 4.78 is 5.46. The number of carboxylic acid groups (broad SMARTS) is 1. The molecular formula is C13H12N2O3. The average Bonchev–Trinajstić information content (AvgIpc) is 2.28. The Kier molecular flexibility index (Phi) is 3.23. The van der Waals surface area contributed by atoms with Crippen LogP contribution < -0.4 is 4.74 Å². The average molecular weight is 244 g/mol. The normalized spacial score (nSPS) is 10.1. The zero-order valence-electron chi connectivity index (χ0n) is 10.0. The van der Waals surface area contributed by atoms with Crippen LogP contribution in [0.2, 0.25) is 0 Å². The Bertz CT molecular complexity index is 559. The molecule has 0 bridgehead atoms. The quantitative estimate of drug-likeness (QED) is 0.898. The molecule has 0 aliphatic carbocycles. The van der Waals surface area contributed by atoms with Gasteiger partial charge in [-0.05, 0) is 37.1 Å². The van der Waals surface area contributed by atoms with Crippen LogP contribution in [0, 0.1) is 13.8 Å². The van der Waals surface area contributed by atoms with Gasteiger partial charge < -0.3 is 9.84 Å². The minimum atomic E-state index is -1.06. The van der Waals surface area contributed by atoms with Gasteiger partial charge in [-0.25, -0.2) is 14.8 Å². The Morgan fingerprint density at radius 1 is 1.11 bits per heavy atom. The molecule has 1 N–H and O–H groups in total. The summed E-state index contributed by atoms with van der Waals surface area (Å²) in [6.07, 6.45) is 2.43. The summed E-state index contributed by atoms with van der Waals surface area (Å²) in [5.74, 6) is -0.427. The molecule has 0 aliphatic heterocycles. The van der Waals surface area contributed by atoms with Crippen LogP contribution in [0.25, 0.3) is 0 Å². The van der Waals surface area contributed by atoms with Crippen LogP contribution >= 0.6 is 0 Å². The highest BCUT2D eigenvalue weighted by molar-refractivity contribution is 5.86. The molecule has 5 heteroatoms. The molecule has 0 saturated carbocycles. The summed E-state index contributed by atoms with van der Waals surface area (Å²) in [5.41, 5.74) is 2.18. The summed E-state index contributed by atoms with van der Waals surface area (Å²) in [7, 11) is 0. The maximum Gasteiger partial charge on any atom is 0.338 e. The minimum absolute atomic E-state index is 0.0303. The van der Waals surface area contributed by atoms with Gasteiger partial charge in [0.1, 0.15) is 5.75 Å². The summed E-state index contributed by atoms with van der Waals surface area (Å²) in [6, 6.07) is 5.88. The Labute approximate surface area is 104 Å². The Morgan fingerprint density at radius 2 is 1.67 bits per heavy atom. The number of nitrogens with zero attached hydrogens (tertiary/aromatic N) is 2. The predicted octanol–water partition coefficient (Wildman–Crippen LogP) is 2.58. The second kappa shape index (κ2) is 4.83. The van der Waals surface area contributed by atoms with Gasteiger partial charge in [-0.15, -0.1) is 0 Å². The van der Waals surface area contributed by atoms with Crippen molar-refractivity contribution in [2.45, 2.75) is 13.8 Å². The van der Waals surface area contributed by atoms with E-state index < -0.39 is 5.97 Å². The standard InChI is InChI=1S/C13H12N2O3/c1-8-3-9(2)5-11(4-8)18-13-14-6-10(7-15-13)12(16)17/h3-7H,1-2H3,(H,16,17). The predicted molar refractivity (Wildman–Crippen MR) is 65.0 cm³/mol. The van der Waals surface area contributed by atoms with Crippen LogP contribution in [0.3, 0.4) is 0 Å². The van der Waals surface area contributed by atoms with Crippen molar-refractivity contribution in [3.05, 3.63) is 47.3 Å². The van der Waals surface area contributed by atoms with Crippen molar-refractivity contribution in [1.82, 2.24) is 9.97 Å². The SMILES string of the molecule is Cc1cc(C)cc(Oc2ncc(C(=O)O)cn2)c1. The highest BCUT2D eigenvalue weighted by Gasteiger charge is 2.06. The first-order valence-electron chi connectivity index (χ1n) is 5.36. The van der Waals surface area contributed by atoms with Gasteiger partial charge in [-0.1, -0.05) is 6.07 Å². The lowest BCUT2D eigenvalue weighted by atomic mass is 10.1. The fourth-order valence-electron chi connectivity index (χ4n) is 1.58. The van der Waals surface area contributed by atoms with Crippen LogP contribution in [0.15, 0.2) is 30.6 Å². The van der Waals surface area contributed by atoms with Crippen molar-refractivity contribution in [2.75, 3.05) is 0 Å². The van der Waals surface area contributed by atoms with Crippen molar-refractivity contribution in [3.8, 4) is 11.8 Å². The lowest BCUT2D eigenvalue weighted by Crippen LogP contribution is -2.00. The summed E-state index contributed by atoms with van der Waals surface area (Å²) in [4.78, 5) is 18.3. The number of rotatable bonds is 3. The van der Waals surface area contributed by atoms with Gasteiger partial charge in [0.25, 0.3) is 0 Å². The van der Waals surface area contributed by atoms with Gasteiger partial charge in [0.05, 0.1) is 5.56 Å². The van der Waals surface area contributed by atoms with E-state index in [0.717, 1.165) is 11.1 Å². The molecule has 0 radical (unpaired) electrons. The number of hydrogen-bond donors (Lipinski definition) is 1.